The summed E-state index contributed by atoms with van der Waals surface area (Å²) in [6.45, 7) is 0. The molecule has 0 unspecified atom stereocenters. The average molecular weight is 392 g/mol. The van der Waals surface area contributed by atoms with E-state index in [1.54, 1.807) is 0 Å². The van der Waals surface area contributed by atoms with E-state index in [-0.39, 0.29) is 38.5 Å². The fourth-order valence-electron chi connectivity index (χ4n) is 1.24. The Bertz CT molecular complexity index is 551. The van der Waals surface area contributed by atoms with Gasteiger partial charge in [-0.2, -0.15) is 12.1 Å². The zero-order valence-corrected chi connectivity index (χ0v) is 15.3. The molecule has 2 N–H and O–H groups in total. The molecule has 0 bridgehead atoms. The van der Waals surface area contributed by atoms with Gasteiger partial charge in [-0.3, -0.25) is 10.2 Å². The summed E-state index contributed by atoms with van der Waals surface area (Å²) in [5, 5.41) is 12.8. The number of halogens is 1. The number of nitrogens with zero attached hydrogens (tertiary/aromatic N) is 1. The van der Waals surface area contributed by atoms with Crippen LogP contribution < -0.4 is 9.46 Å². The van der Waals surface area contributed by atoms with Crippen LogP contribution in [0.15, 0.2) is 22.9 Å². The molecule has 0 aromatic heterocycles. The molecular weight excluding hydrogens is 380 g/mol. The van der Waals surface area contributed by atoms with Gasteiger partial charge in [0, 0.05) is 38.8 Å². The maximum Gasteiger partial charge on any atom is 0.338 e. The maximum atomic E-state index is 13.6. The molecule has 5 nitrogen and oxygen atoms in total. The summed E-state index contributed by atoms with van der Waals surface area (Å²) in [6, 6.07) is 2.23. The number of carbonyl (C=O) groups is 1. The van der Waals surface area contributed by atoms with Gasteiger partial charge >= 0.3 is 5.97 Å². The van der Waals surface area contributed by atoms with Crippen LogP contribution >= 0.6 is 22.3 Å². The topological polar surface area (TPSA) is 72.7 Å². The van der Waals surface area contributed by atoms with Crippen LogP contribution in [0.3, 0.4) is 0 Å². The van der Waals surface area contributed by atoms with Crippen LogP contribution in [0.2, 0.25) is 0 Å². The van der Waals surface area contributed by atoms with Gasteiger partial charge in [0.15, 0.2) is 0 Å². The second-order valence-electron chi connectivity index (χ2n) is 3.88. The molecule has 107 valence electrons. The summed E-state index contributed by atoms with van der Waals surface area (Å²) in [6.07, 6.45) is 2.01. The standard InChI is InChI=1S/C11H12FN2O3S2.Y/c1-17-10-5-7(11(15)16)8(12)6-9(10)13-18-14-19(2)3-4-19;/h3-6,13H,1-2H3,(H,15,16);/q-1;. The van der Waals surface area contributed by atoms with E-state index in [2.05, 4.69) is 8.85 Å². The minimum atomic E-state index is -1.33. The SMILES string of the molecule is COc1cc(C(=O)O)c(F)cc1NS[N-]S1(C)C=C1.[Y]. The summed E-state index contributed by atoms with van der Waals surface area (Å²) in [7, 11) is 0.341. The molecule has 1 aliphatic heterocycles. The minimum Gasteiger partial charge on any atom is -0.538 e. The summed E-state index contributed by atoms with van der Waals surface area (Å²) in [5.41, 5.74) is -0.0758. The number of anilines is 1. The summed E-state index contributed by atoms with van der Waals surface area (Å²) in [5.74, 6) is -1.90. The Morgan fingerprint density at radius 2 is 2.15 bits per heavy atom. The quantitative estimate of drug-likeness (QED) is 0.723. The molecule has 9 heteroatoms. The molecule has 1 radical (unpaired) electrons. The zero-order chi connectivity index (χ0) is 14.0. The second-order valence-corrected chi connectivity index (χ2v) is 7.41. The van der Waals surface area contributed by atoms with Crippen molar-refractivity contribution in [2.75, 3.05) is 18.1 Å². The van der Waals surface area contributed by atoms with E-state index in [1.807, 2.05) is 17.1 Å². The summed E-state index contributed by atoms with van der Waals surface area (Å²) in [4.78, 5) is 10.8. The van der Waals surface area contributed by atoms with E-state index < -0.39 is 27.6 Å². The first-order valence-corrected chi connectivity index (χ1v) is 8.06. The van der Waals surface area contributed by atoms with Gasteiger partial charge in [-0.05, 0) is 12.3 Å². The van der Waals surface area contributed by atoms with Crippen LogP contribution in [0.5, 0.6) is 5.75 Å². The van der Waals surface area contributed by atoms with Gasteiger partial charge in [-0.15, -0.1) is 0 Å². The fraction of sp³-hybridized carbons (Fsp3) is 0.182. The Hall–Kier alpha value is -0.276. The third kappa shape index (κ3) is 4.36. The van der Waals surface area contributed by atoms with Crippen molar-refractivity contribution in [3.8, 4) is 5.75 Å². The van der Waals surface area contributed by atoms with Crippen LogP contribution in [0, 0.1) is 5.82 Å². The molecule has 0 aliphatic carbocycles. The zero-order valence-electron chi connectivity index (χ0n) is 10.8. The van der Waals surface area contributed by atoms with Crippen molar-refractivity contribution in [1.82, 2.24) is 0 Å². The fourth-order valence-corrected chi connectivity index (χ4v) is 3.33. The number of nitrogens with one attached hydrogen (secondary N) is 1. The van der Waals surface area contributed by atoms with E-state index in [1.165, 1.54) is 7.11 Å². The molecule has 0 atom stereocenters. The second kappa shape index (κ2) is 7.13. The van der Waals surface area contributed by atoms with Crippen LogP contribution in [-0.2, 0) is 32.7 Å². The molecule has 1 aromatic carbocycles. The van der Waals surface area contributed by atoms with Crippen molar-refractivity contribution >= 4 is 34.0 Å². The van der Waals surface area contributed by atoms with Crippen LogP contribution in [0.1, 0.15) is 10.4 Å². The predicted molar refractivity (Wildman–Crippen MR) is 77.1 cm³/mol. The molecule has 0 saturated carbocycles. The van der Waals surface area contributed by atoms with Crippen LogP contribution in [-0.4, -0.2) is 24.4 Å². The third-order valence-corrected chi connectivity index (χ3v) is 5.36. The number of carboxylic acid groups (broad SMARTS) is 1. The Morgan fingerprint density at radius 3 is 2.65 bits per heavy atom. The van der Waals surface area contributed by atoms with Gasteiger partial charge in [0.2, 0.25) is 0 Å². The molecule has 1 aromatic rings. The van der Waals surface area contributed by atoms with Gasteiger partial charge < -0.3 is 18.7 Å². The third-order valence-electron chi connectivity index (χ3n) is 2.40. The predicted octanol–water partition coefficient (Wildman–Crippen LogP) is 3.71. The number of rotatable bonds is 6. The van der Waals surface area contributed by atoms with E-state index in [0.29, 0.717) is 5.69 Å². The largest absolute Gasteiger partial charge is 0.538 e. The number of hydrogen-bond acceptors (Lipinski definition) is 4. The number of methoxy groups -OCH3 is 1. The van der Waals surface area contributed by atoms with E-state index in [4.69, 9.17) is 9.84 Å². The number of carboxylic acids is 1. The molecular formula is C11H12FN2O3S2Y-. The van der Waals surface area contributed by atoms with Crippen molar-refractivity contribution in [3.63, 3.8) is 0 Å². The van der Waals surface area contributed by atoms with Crippen molar-refractivity contribution < 1.29 is 51.7 Å². The molecule has 20 heavy (non-hydrogen) atoms. The van der Waals surface area contributed by atoms with E-state index in [9.17, 15) is 9.18 Å². The van der Waals surface area contributed by atoms with Crippen molar-refractivity contribution in [1.29, 1.82) is 0 Å². The number of hydrogen-bond donors (Lipinski definition) is 2. The molecule has 1 heterocycles. The molecule has 1 aliphatic rings. The minimum absolute atomic E-state index is 0. The smallest absolute Gasteiger partial charge is 0.338 e. The van der Waals surface area contributed by atoms with Gasteiger partial charge in [0.1, 0.15) is 11.6 Å². The van der Waals surface area contributed by atoms with Crippen LogP contribution in [0.4, 0.5) is 10.1 Å². The van der Waals surface area contributed by atoms with Crippen molar-refractivity contribution in [2.24, 2.45) is 0 Å². The first-order chi connectivity index (χ1) is 8.95. The Kier molecular flexibility index (Phi) is 6.34. The van der Waals surface area contributed by atoms with Gasteiger partial charge in [-0.1, -0.05) is 10.8 Å². The molecule has 0 saturated heterocycles. The maximum absolute atomic E-state index is 13.6. The van der Waals surface area contributed by atoms with Crippen molar-refractivity contribution in [3.05, 3.63) is 38.5 Å². The van der Waals surface area contributed by atoms with Gasteiger partial charge in [-0.25, -0.2) is 9.18 Å². The Balaban J connectivity index is 0.00000200. The van der Waals surface area contributed by atoms with Crippen molar-refractivity contribution in [2.45, 2.75) is 0 Å². The van der Waals surface area contributed by atoms with Gasteiger partial charge in [0.25, 0.3) is 0 Å². The van der Waals surface area contributed by atoms with Crippen LogP contribution in [0.25, 0.3) is 4.13 Å². The Labute approximate surface area is 147 Å². The molecule has 0 fully saturated rings. The number of aromatic carboxylic acids is 1. The van der Waals surface area contributed by atoms with E-state index in [0.717, 1.165) is 24.3 Å². The number of benzene rings is 1. The summed E-state index contributed by atoms with van der Waals surface area (Å²) < 4.78 is 25.8. The normalized spacial score (nSPS) is 15.9. The first-order valence-electron chi connectivity index (χ1n) is 5.17. The first kappa shape index (κ1) is 17.8. The molecule has 2 rings (SSSR count). The Morgan fingerprint density at radius 1 is 1.50 bits per heavy atom. The average Bonchev–Trinajstić information content (AvgIpc) is 3.07. The van der Waals surface area contributed by atoms with Gasteiger partial charge in [0.05, 0.1) is 18.4 Å². The number of ether oxygens (including phenoxy) is 1. The monoisotopic (exact) mass is 392 g/mol. The molecule has 0 spiro atoms. The van der Waals surface area contributed by atoms with E-state index >= 15 is 0 Å². The summed E-state index contributed by atoms with van der Waals surface area (Å²) >= 11 is 1.08. The molecule has 0 amide bonds.